The van der Waals surface area contributed by atoms with E-state index in [-0.39, 0.29) is 18.4 Å². The Morgan fingerprint density at radius 3 is 2.46 bits per heavy atom. The number of nitrogens with zero attached hydrogens (tertiary/aromatic N) is 1. The van der Waals surface area contributed by atoms with E-state index in [0.717, 1.165) is 11.1 Å². The Morgan fingerprint density at radius 1 is 1.15 bits per heavy atom. The Bertz CT molecular complexity index is 775. The summed E-state index contributed by atoms with van der Waals surface area (Å²) in [6.45, 7) is 4.58. The highest BCUT2D eigenvalue weighted by Crippen LogP contribution is 2.20. The molecule has 2 aromatic rings. The number of carbonyl (C=O) groups is 2. The Hall–Kier alpha value is -2.53. The average Bonchev–Trinajstić information content (AvgIpc) is 2.65. The van der Waals surface area contributed by atoms with Crippen molar-refractivity contribution < 1.29 is 14.3 Å². The van der Waals surface area contributed by atoms with E-state index in [1.807, 2.05) is 32.0 Å². The van der Waals surface area contributed by atoms with Crippen LogP contribution < -0.4 is 10.1 Å². The fraction of sp³-hybridized carbons (Fsp3) is 0.300. The molecule has 1 N–H and O–H groups in total. The Morgan fingerprint density at radius 2 is 1.85 bits per heavy atom. The number of carbonyl (C=O) groups excluding carboxylic acids is 2. The first-order valence-electron chi connectivity index (χ1n) is 8.39. The fourth-order valence-corrected chi connectivity index (χ4v) is 2.62. The second-order valence-electron chi connectivity index (χ2n) is 5.91. The van der Waals surface area contributed by atoms with Gasteiger partial charge in [0.15, 0.2) is 0 Å². The molecule has 0 aromatic heterocycles. The minimum Gasteiger partial charge on any atom is -0.496 e. The summed E-state index contributed by atoms with van der Waals surface area (Å²) >= 11 is 5.85. The molecule has 6 heteroatoms. The van der Waals surface area contributed by atoms with Gasteiger partial charge in [0.2, 0.25) is 5.91 Å². The van der Waals surface area contributed by atoms with Crippen LogP contribution in [0.15, 0.2) is 42.5 Å². The highest BCUT2D eigenvalue weighted by Gasteiger charge is 2.18. The van der Waals surface area contributed by atoms with Crippen LogP contribution in [0.2, 0.25) is 5.02 Å². The quantitative estimate of drug-likeness (QED) is 0.807. The van der Waals surface area contributed by atoms with Gasteiger partial charge in [-0.1, -0.05) is 29.8 Å². The van der Waals surface area contributed by atoms with Crippen molar-refractivity contribution >= 4 is 23.4 Å². The number of ether oxygens (including phenoxy) is 1. The summed E-state index contributed by atoms with van der Waals surface area (Å²) in [5.74, 6) is 0.237. The van der Waals surface area contributed by atoms with Crippen molar-refractivity contribution in [3.05, 3.63) is 64.2 Å². The molecular formula is C20H23ClN2O3. The Labute approximate surface area is 158 Å². The predicted octanol–water partition coefficient (Wildman–Crippen LogP) is 3.44. The molecule has 0 aliphatic carbocycles. The minimum atomic E-state index is -0.214. The molecule has 0 aliphatic heterocycles. The van der Waals surface area contributed by atoms with Crippen LogP contribution in [0.25, 0.3) is 0 Å². The minimum absolute atomic E-state index is 0.000878. The lowest BCUT2D eigenvalue weighted by molar-refractivity contribution is -0.121. The molecule has 0 unspecified atom stereocenters. The maximum atomic E-state index is 12.7. The average molecular weight is 375 g/mol. The molecule has 138 valence electrons. The molecule has 26 heavy (non-hydrogen) atoms. The van der Waals surface area contributed by atoms with Crippen molar-refractivity contribution in [1.29, 1.82) is 0 Å². The summed E-state index contributed by atoms with van der Waals surface area (Å²) in [6, 6.07) is 12.5. The maximum absolute atomic E-state index is 12.7. The first kappa shape index (κ1) is 19.8. The zero-order valence-electron chi connectivity index (χ0n) is 15.2. The number of nitrogens with one attached hydrogen (secondary N) is 1. The van der Waals surface area contributed by atoms with Crippen LogP contribution >= 0.6 is 11.6 Å². The standard InChI is InChI=1S/C20H23ClN2O3/c1-4-23(20(25)16-8-5-14(2)18(11-16)26-3)13-19(24)22-12-15-6-9-17(21)10-7-15/h5-11H,4,12-13H2,1-3H3,(H,22,24). The molecule has 0 bridgehead atoms. The van der Waals surface area contributed by atoms with Gasteiger partial charge in [-0.3, -0.25) is 9.59 Å². The summed E-state index contributed by atoms with van der Waals surface area (Å²) in [4.78, 5) is 26.4. The first-order valence-corrected chi connectivity index (χ1v) is 8.77. The second kappa shape index (κ2) is 9.25. The normalized spacial score (nSPS) is 10.3. The van der Waals surface area contributed by atoms with E-state index < -0.39 is 0 Å². The van der Waals surface area contributed by atoms with E-state index in [1.54, 1.807) is 31.4 Å². The highest BCUT2D eigenvalue weighted by molar-refractivity contribution is 6.30. The zero-order chi connectivity index (χ0) is 19.1. The molecule has 2 amide bonds. The van der Waals surface area contributed by atoms with Crippen LogP contribution in [0.1, 0.15) is 28.4 Å². The summed E-state index contributed by atoms with van der Waals surface area (Å²) in [5, 5.41) is 3.47. The van der Waals surface area contributed by atoms with E-state index in [0.29, 0.717) is 29.4 Å². The molecule has 0 saturated heterocycles. The van der Waals surface area contributed by atoms with E-state index in [9.17, 15) is 9.59 Å². The SMILES string of the molecule is CCN(CC(=O)NCc1ccc(Cl)cc1)C(=O)c1ccc(C)c(OC)c1. The van der Waals surface area contributed by atoms with Gasteiger partial charge in [-0.05, 0) is 49.2 Å². The molecular weight excluding hydrogens is 352 g/mol. The second-order valence-corrected chi connectivity index (χ2v) is 6.34. The number of likely N-dealkylation sites (N-methyl/N-ethyl adjacent to an activating group) is 1. The molecule has 5 nitrogen and oxygen atoms in total. The van der Waals surface area contributed by atoms with Gasteiger partial charge in [0.05, 0.1) is 13.7 Å². The monoisotopic (exact) mass is 374 g/mol. The van der Waals surface area contributed by atoms with Gasteiger partial charge < -0.3 is 15.0 Å². The van der Waals surface area contributed by atoms with Crippen molar-refractivity contribution in [2.24, 2.45) is 0 Å². The number of rotatable bonds is 7. The number of benzene rings is 2. The molecule has 0 radical (unpaired) electrons. The highest BCUT2D eigenvalue weighted by atomic mass is 35.5. The van der Waals surface area contributed by atoms with Crippen molar-refractivity contribution in [2.45, 2.75) is 20.4 Å². The zero-order valence-corrected chi connectivity index (χ0v) is 16.0. The van der Waals surface area contributed by atoms with E-state index in [4.69, 9.17) is 16.3 Å². The summed E-state index contributed by atoms with van der Waals surface area (Å²) in [5.41, 5.74) is 2.40. The van der Waals surface area contributed by atoms with Crippen molar-refractivity contribution in [3.63, 3.8) is 0 Å². The number of amides is 2. The van der Waals surface area contributed by atoms with Gasteiger partial charge in [0.25, 0.3) is 5.91 Å². The van der Waals surface area contributed by atoms with Gasteiger partial charge in [0.1, 0.15) is 5.75 Å². The van der Waals surface area contributed by atoms with Crippen LogP contribution in [0.4, 0.5) is 0 Å². The number of aryl methyl sites for hydroxylation is 1. The number of methoxy groups -OCH3 is 1. The topological polar surface area (TPSA) is 58.6 Å². The van der Waals surface area contributed by atoms with E-state index in [2.05, 4.69) is 5.32 Å². The smallest absolute Gasteiger partial charge is 0.254 e. The van der Waals surface area contributed by atoms with E-state index >= 15 is 0 Å². The van der Waals surface area contributed by atoms with Gasteiger partial charge in [-0.25, -0.2) is 0 Å². The Balaban J connectivity index is 1.97. The summed E-state index contributed by atoms with van der Waals surface area (Å²) in [7, 11) is 1.57. The number of halogens is 1. The van der Waals surface area contributed by atoms with Crippen LogP contribution in [-0.4, -0.2) is 36.9 Å². The van der Waals surface area contributed by atoms with Crippen molar-refractivity contribution in [1.82, 2.24) is 10.2 Å². The van der Waals surface area contributed by atoms with Crippen LogP contribution in [0, 0.1) is 6.92 Å². The van der Waals surface area contributed by atoms with Gasteiger partial charge >= 0.3 is 0 Å². The largest absolute Gasteiger partial charge is 0.496 e. The van der Waals surface area contributed by atoms with Gasteiger partial charge in [-0.15, -0.1) is 0 Å². The third kappa shape index (κ3) is 5.23. The molecule has 0 spiro atoms. The van der Waals surface area contributed by atoms with Crippen molar-refractivity contribution in [3.8, 4) is 5.75 Å². The molecule has 0 atom stereocenters. The molecule has 0 aliphatic rings. The molecule has 0 fully saturated rings. The van der Waals surface area contributed by atoms with Crippen molar-refractivity contribution in [2.75, 3.05) is 20.2 Å². The summed E-state index contributed by atoms with van der Waals surface area (Å²) < 4.78 is 5.27. The predicted molar refractivity (Wildman–Crippen MR) is 103 cm³/mol. The Kier molecular flexibility index (Phi) is 7.04. The molecule has 2 rings (SSSR count). The lowest BCUT2D eigenvalue weighted by Gasteiger charge is -2.21. The fourth-order valence-electron chi connectivity index (χ4n) is 2.49. The van der Waals surface area contributed by atoms with Crippen LogP contribution in [-0.2, 0) is 11.3 Å². The van der Waals surface area contributed by atoms with E-state index in [1.165, 1.54) is 4.90 Å². The van der Waals surface area contributed by atoms with Crippen LogP contribution in [0.3, 0.4) is 0 Å². The molecule has 0 saturated carbocycles. The van der Waals surface area contributed by atoms with Gasteiger partial charge in [0, 0.05) is 23.7 Å². The maximum Gasteiger partial charge on any atom is 0.254 e. The lowest BCUT2D eigenvalue weighted by atomic mass is 10.1. The van der Waals surface area contributed by atoms with Gasteiger partial charge in [-0.2, -0.15) is 0 Å². The third-order valence-corrected chi connectivity index (χ3v) is 4.31. The number of hydrogen-bond acceptors (Lipinski definition) is 3. The lowest BCUT2D eigenvalue weighted by Crippen LogP contribution is -2.40. The molecule has 0 heterocycles. The first-order chi connectivity index (χ1) is 12.4. The third-order valence-electron chi connectivity index (χ3n) is 4.06. The number of hydrogen-bond donors (Lipinski definition) is 1. The summed E-state index contributed by atoms with van der Waals surface area (Å²) in [6.07, 6.45) is 0. The molecule has 2 aromatic carbocycles. The van der Waals surface area contributed by atoms with Crippen LogP contribution in [0.5, 0.6) is 5.75 Å².